The highest BCUT2D eigenvalue weighted by Crippen LogP contribution is 2.22. The van der Waals surface area contributed by atoms with E-state index in [0.29, 0.717) is 17.3 Å². The van der Waals surface area contributed by atoms with Crippen molar-refractivity contribution in [1.29, 1.82) is 5.26 Å². The monoisotopic (exact) mass is 402 g/mol. The molecule has 1 unspecified atom stereocenters. The van der Waals surface area contributed by atoms with Crippen molar-refractivity contribution in [1.82, 2.24) is 19.8 Å². The van der Waals surface area contributed by atoms with Gasteiger partial charge in [0.05, 0.1) is 31.0 Å². The van der Waals surface area contributed by atoms with Crippen molar-refractivity contribution in [3.8, 4) is 6.07 Å². The van der Waals surface area contributed by atoms with Crippen LogP contribution in [0.2, 0.25) is 5.15 Å². The number of carbonyl (C=O) groups excluding carboxylic acids is 1. The van der Waals surface area contributed by atoms with E-state index in [1.54, 1.807) is 12.3 Å². The van der Waals surface area contributed by atoms with Gasteiger partial charge in [0.2, 0.25) is 5.91 Å². The molecule has 0 spiro atoms. The van der Waals surface area contributed by atoms with Gasteiger partial charge in [-0.1, -0.05) is 11.6 Å². The molecule has 0 bridgehead atoms. The first-order valence-corrected chi connectivity index (χ1v) is 9.64. The van der Waals surface area contributed by atoms with Gasteiger partial charge in [0.1, 0.15) is 17.4 Å². The molecule has 3 atom stereocenters. The lowest BCUT2D eigenvalue weighted by Gasteiger charge is -2.23. The molecule has 4 rings (SSSR count). The summed E-state index contributed by atoms with van der Waals surface area (Å²) < 4.78 is 13.5. The zero-order valence-electron chi connectivity index (χ0n) is 15.2. The third-order valence-corrected chi connectivity index (χ3v) is 5.44. The van der Waals surface area contributed by atoms with Gasteiger partial charge in [0.15, 0.2) is 5.65 Å². The molecule has 4 heterocycles. The Morgan fingerprint density at radius 1 is 1.43 bits per heavy atom. The normalized spacial score (nSPS) is 25.2. The maximum Gasteiger partial charge on any atom is 0.237 e. The maximum absolute atomic E-state index is 13.5. The van der Waals surface area contributed by atoms with Crippen LogP contribution in [-0.2, 0) is 4.79 Å². The Labute approximate surface area is 167 Å². The second kappa shape index (κ2) is 7.86. The molecule has 0 aromatic carbocycles. The lowest BCUT2D eigenvalue weighted by Crippen LogP contribution is -2.42. The van der Waals surface area contributed by atoms with Gasteiger partial charge < -0.3 is 10.2 Å². The van der Waals surface area contributed by atoms with Crippen LogP contribution >= 0.6 is 11.6 Å². The lowest BCUT2D eigenvalue weighted by molar-refractivity contribution is -0.132. The second-order valence-electron chi connectivity index (χ2n) is 7.29. The molecule has 7 nitrogen and oxygen atoms in total. The Morgan fingerprint density at radius 2 is 2.29 bits per heavy atom. The number of halogens is 2. The molecule has 28 heavy (non-hydrogen) atoms. The molecule has 1 N–H and O–H groups in total. The molecule has 0 radical (unpaired) electrons. The zero-order valence-corrected chi connectivity index (χ0v) is 15.9. The van der Waals surface area contributed by atoms with Gasteiger partial charge in [-0.05, 0) is 24.6 Å². The summed E-state index contributed by atoms with van der Waals surface area (Å²) in [7, 11) is 0. The second-order valence-corrected chi connectivity index (χ2v) is 7.68. The molecule has 0 aliphatic carbocycles. The third kappa shape index (κ3) is 4.01. The Bertz CT molecular complexity index is 934. The van der Waals surface area contributed by atoms with Crippen molar-refractivity contribution in [3.05, 3.63) is 29.5 Å². The standard InChI is InChI=1S/C19H20ClFN6O/c20-17-2-1-12-5-15(8-23-19(12)25-17)24-14-3-4-26(10-14)11-18(28)27-9-13(21)6-16(27)7-22/h1-2,5,8,13-14,16,24H,3-4,6,9-11H2/t13-,14+,16?/m0/s1. The van der Waals surface area contributed by atoms with Gasteiger partial charge in [-0.15, -0.1) is 0 Å². The Morgan fingerprint density at radius 3 is 3.11 bits per heavy atom. The molecular formula is C19H20ClFN6O. The minimum Gasteiger partial charge on any atom is -0.380 e. The van der Waals surface area contributed by atoms with Crippen LogP contribution in [0.25, 0.3) is 11.0 Å². The zero-order chi connectivity index (χ0) is 19.7. The Hall–Kier alpha value is -2.50. The molecule has 2 aromatic rings. The summed E-state index contributed by atoms with van der Waals surface area (Å²) in [6.07, 6.45) is 1.62. The number of hydrogen-bond acceptors (Lipinski definition) is 6. The molecular weight excluding hydrogens is 383 g/mol. The smallest absolute Gasteiger partial charge is 0.237 e. The van der Waals surface area contributed by atoms with Crippen molar-refractivity contribution in [2.75, 3.05) is 31.5 Å². The maximum atomic E-state index is 13.5. The summed E-state index contributed by atoms with van der Waals surface area (Å²) in [4.78, 5) is 24.4. The first-order valence-electron chi connectivity index (χ1n) is 9.26. The quantitative estimate of drug-likeness (QED) is 0.789. The summed E-state index contributed by atoms with van der Waals surface area (Å²) in [5.41, 5.74) is 1.49. The fourth-order valence-electron chi connectivity index (χ4n) is 3.86. The minimum atomic E-state index is -1.11. The van der Waals surface area contributed by atoms with Crippen LogP contribution in [0.1, 0.15) is 12.8 Å². The number of hydrogen-bond donors (Lipinski definition) is 1. The van der Waals surface area contributed by atoms with Crippen molar-refractivity contribution in [2.24, 2.45) is 0 Å². The molecule has 2 aliphatic rings. The van der Waals surface area contributed by atoms with E-state index in [2.05, 4.69) is 15.3 Å². The molecule has 1 amide bonds. The average Bonchev–Trinajstić information content (AvgIpc) is 3.27. The molecule has 2 aliphatic heterocycles. The Balaban J connectivity index is 1.34. The molecule has 0 saturated carbocycles. The number of nitrogens with one attached hydrogen (secondary N) is 1. The number of rotatable bonds is 4. The first kappa shape index (κ1) is 18.8. The van der Waals surface area contributed by atoms with Crippen molar-refractivity contribution < 1.29 is 9.18 Å². The van der Waals surface area contributed by atoms with Gasteiger partial charge in [-0.3, -0.25) is 9.69 Å². The highest BCUT2D eigenvalue weighted by Gasteiger charge is 2.36. The largest absolute Gasteiger partial charge is 0.380 e. The number of anilines is 1. The van der Waals surface area contributed by atoms with Crippen LogP contribution in [0.3, 0.4) is 0 Å². The van der Waals surface area contributed by atoms with Gasteiger partial charge in [-0.25, -0.2) is 14.4 Å². The number of carbonyl (C=O) groups is 1. The van der Waals surface area contributed by atoms with Crippen LogP contribution in [0.5, 0.6) is 0 Å². The summed E-state index contributed by atoms with van der Waals surface area (Å²) >= 11 is 5.89. The number of nitriles is 1. The third-order valence-electron chi connectivity index (χ3n) is 5.23. The van der Waals surface area contributed by atoms with Crippen LogP contribution in [0.15, 0.2) is 24.4 Å². The van der Waals surface area contributed by atoms with E-state index in [0.717, 1.165) is 24.0 Å². The predicted octanol–water partition coefficient (Wildman–Crippen LogP) is 2.23. The topological polar surface area (TPSA) is 85.2 Å². The van der Waals surface area contributed by atoms with Crippen LogP contribution in [0.4, 0.5) is 10.1 Å². The molecule has 146 valence electrons. The minimum absolute atomic E-state index is 0.0212. The highest BCUT2D eigenvalue weighted by atomic mass is 35.5. The van der Waals surface area contributed by atoms with E-state index >= 15 is 0 Å². The lowest BCUT2D eigenvalue weighted by atomic mass is 10.2. The van der Waals surface area contributed by atoms with Gasteiger partial charge >= 0.3 is 0 Å². The molecule has 2 aromatic heterocycles. The number of nitrogens with zero attached hydrogens (tertiary/aromatic N) is 5. The number of aromatic nitrogens is 2. The SMILES string of the molecule is N#CC1C[C@H](F)CN1C(=O)CN1CC[C@@H](Nc2cnc3nc(Cl)ccc3c2)C1. The number of fused-ring (bicyclic) bond motifs is 1. The van der Waals surface area contributed by atoms with Crippen molar-refractivity contribution >= 4 is 34.2 Å². The number of alkyl halides is 1. The number of pyridine rings is 2. The molecule has 2 saturated heterocycles. The summed E-state index contributed by atoms with van der Waals surface area (Å²) in [5, 5.41) is 13.9. The van der Waals surface area contributed by atoms with Crippen LogP contribution in [0, 0.1) is 11.3 Å². The number of likely N-dealkylation sites (tertiary alicyclic amines) is 2. The van der Waals surface area contributed by atoms with Crippen LogP contribution in [-0.4, -0.2) is 70.1 Å². The van der Waals surface area contributed by atoms with Crippen LogP contribution < -0.4 is 5.32 Å². The Kier molecular flexibility index (Phi) is 5.29. The fraction of sp³-hybridized carbons (Fsp3) is 0.474. The van der Waals surface area contributed by atoms with Gasteiger partial charge in [0, 0.05) is 30.9 Å². The highest BCUT2D eigenvalue weighted by molar-refractivity contribution is 6.29. The van der Waals surface area contributed by atoms with Crippen molar-refractivity contribution in [2.45, 2.75) is 31.1 Å². The molecule has 2 fully saturated rings. The summed E-state index contributed by atoms with van der Waals surface area (Å²) in [6.45, 7) is 1.70. The molecule has 9 heteroatoms. The van der Waals surface area contributed by atoms with E-state index in [9.17, 15) is 9.18 Å². The van der Waals surface area contributed by atoms with Crippen molar-refractivity contribution in [3.63, 3.8) is 0 Å². The van der Waals surface area contributed by atoms with Gasteiger partial charge in [0.25, 0.3) is 0 Å². The summed E-state index contributed by atoms with van der Waals surface area (Å²) in [6, 6.07) is 7.14. The predicted molar refractivity (Wildman–Crippen MR) is 104 cm³/mol. The first-order chi connectivity index (χ1) is 13.5. The van der Waals surface area contributed by atoms with E-state index in [4.69, 9.17) is 16.9 Å². The van der Waals surface area contributed by atoms with E-state index in [1.807, 2.05) is 23.1 Å². The van der Waals surface area contributed by atoms with E-state index < -0.39 is 12.2 Å². The van der Waals surface area contributed by atoms with Gasteiger partial charge in [-0.2, -0.15) is 5.26 Å². The average molecular weight is 403 g/mol. The fourth-order valence-corrected chi connectivity index (χ4v) is 4.00. The summed E-state index contributed by atoms with van der Waals surface area (Å²) in [5.74, 6) is -0.178. The van der Waals surface area contributed by atoms with E-state index in [1.165, 1.54) is 4.90 Å². The number of amides is 1. The van der Waals surface area contributed by atoms with E-state index in [-0.39, 0.29) is 31.5 Å².